The summed E-state index contributed by atoms with van der Waals surface area (Å²) in [6.45, 7) is 3.53. The van der Waals surface area contributed by atoms with Crippen molar-refractivity contribution in [3.05, 3.63) is 18.2 Å². The standard InChI is InChI=1S/C16H23N3O5S/c20-16(18-11-12-9-17-10-12)4-5-19-25(21,22)13-2-3-14-15(8-13)24-7-1-6-23-14/h2-3,8,12,17,19H,1,4-7,9-11H2,(H,18,20). The summed E-state index contributed by atoms with van der Waals surface area (Å²) in [7, 11) is -3.70. The van der Waals surface area contributed by atoms with Crippen molar-refractivity contribution in [2.75, 3.05) is 39.4 Å². The molecule has 1 amide bonds. The summed E-state index contributed by atoms with van der Waals surface area (Å²) in [6.07, 6.45) is 0.852. The molecule has 3 N–H and O–H groups in total. The molecule has 0 radical (unpaired) electrons. The Morgan fingerprint density at radius 3 is 2.68 bits per heavy atom. The summed E-state index contributed by atoms with van der Waals surface area (Å²) in [5.74, 6) is 1.28. The van der Waals surface area contributed by atoms with Crippen LogP contribution in [0, 0.1) is 5.92 Å². The topological polar surface area (TPSA) is 106 Å². The molecule has 1 aromatic carbocycles. The Labute approximate surface area is 147 Å². The Bertz CT molecular complexity index is 718. The first-order chi connectivity index (χ1) is 12.0. The Hall–Kier alpha value is -1.84. The summed E-state index contributed by atoms with van der Waals surface area (Å²) in [4.78, 5) is 11.8. The van der Waals surface area contributed by atoms with Crippen LogP contribution in [-0.2, 0) is 14.8 Å². The average Bonchev–Trinajstić information content (AvgIpc) is 2.77. The van der Waals surface area contributed by atoms with Crippen LogP contribution in [-0.4, -0.2) is 53.7 Å². The van der Waals surface area contributed by atoms with Crippen molar-refractivity contribution >= 4 is 15.9 Å². The number of sulfonamides is 1. The van der Waals surface area contributed by atoms with Gasteiger partial charge in [-0.05, 0) is 12.1 Å². The van der Waals surface area contributed by atoms with Crippen molar-refractivity contribution in [2.45, 2.75) is 17.7 Å². The molecular weight excluding hydrogens is 346 g/mol. The van der Waals surface area contributed by atoms with Crippen molar-refractivity contribution in [3.8, 4) is 11.5 Å². The summed E-state index contributed by atoms with van der Waals surface area (Å²) >= 11 is 0. The van der Waals surface area contributed by atoms with Gasteiger partial charge in [0.15, 0.2) is 11.5 Å². The Morgan fingerprint density at radius 1 is 1.20 bits per heavy atom. The first kappa shape index (κ1) is 18.0. The number of carbonyl (C=O) groups excluding carboxylic acids is 1. The third-order valence-corrected chi connectivity index (χ3v) is 5.59. The van der Waals surface area contributed by atoms with E-state index in [9.17, 15) is 13.2 Å². The highest BCUT2D eigenvalue weighted by molar-refractivity contribution is 7.89. The van der Waals surface area contributed by atoms with E-state index in [-0.39, 0.29) is 23.8 Å². The van der Waals surface area contributed by atoms with Gasteiger partial charge >= 0.3 is 0 Å². The lowest BCUT2D eigenvalue weighted by Crippen LogP contribution is -2.48. The number of nitrogens with one attached hydrogen (secondary N) is 3. The molecule has 0 atom stereocenters. The molecule has 0 spiro atoms. The summed E-state index contributed by atoms with van der Waals surface area (Å²) in [5.41, 5.74) is 0. The normalized spacial score (nSPS) is 17.4. The van der Waals surface area contributed by atoms with Crippen LogP contribution in [0.5, 0.6) is 11.5 Å². The van der Waals surface area contributed by atoms with E-state index in [1.165, 1.54) is 12.1 Å². The lowest BCUT2D eigenvalue weighted by Gasteiger charge is -2.27. The van der Waals surface area contributed by atoms with Gasteiger partial charge in [0.05, 0.1) is 18.1 Å². The fourth-order valence-corrected chi connectivity index (χ4v) is 3.58. The molecule has 1 saturated heterocycles. The molecule has 0 aliphatic carbocycles. The van der Waals surface area contributed by atoms with Crippen LogP contribution in [0.4, 0.5) is 0 Å². The van der Waals surface area contributed by atoms with E-state index >= 15 is 0 Å². The van der Waals surface area contributed by atoms with Crippen LogP contribution in [0.2, 0.25) is 0 Å². The maximum Gasteiger partial charge on any atom is 0.240 e. The predicted octanol–water partition coefficient (Wildman–Crippen LogP) is -0.148. The van der Waals surface area contributed by atoms with Gasteiger partial charge in [0.25, 0.3) is 0 Å². The molecule has 9 heteroatoms. The Morgan fingerprint density at radius 2 is 1.96 bits per heavy atom. The molecule has 0 aromatic heterocycles. The van der Waals surface area contributed by atoms with Crippen LogP contribution in [0.15, 0.2) is 23.1 Å². The number of benzene rings is 1. The quantitative estimate of drug-likeness (QED) is 0.617. The van der Waals surface area contributed by atoms with Crippen molar-refractivity contribution < 1.29 is 22.7 Å². The minimum Gasteiger partial charge on any atom is -0.490 e. The smallest absolute Gasteiger partial charge is 0.240 e. The van der Waals surface area contributed by atoms with Crippen molar-refractivity contribution in [2.24, 2.45) is 5.92 Å². The molecule has 8 nitrogen and oxygen atoms in total. The number of hydrogen-bond donors (Lipinski definition) is 3. The average molecular weight is 369 g/mol. The van der Waals surface area contributed by atoms with Gasteiger partial charge in [0.1, 0.15) is 0 Å². The molecule has 1 fully saturated rings. The second-order valence-electron chi connectivity index (χ2n) is 6.14. The minimum absolute atomic E-state index is 0.0471. The van der Waals surface area contributed by atoms with E-state index in [0.29, 0.717) is 37.2 Å². The first-order valence-corrected chi connectivity index (χ1v) is 9.90. The molecule has 3 rings (SSSR count). The van der Waals surface area contributed by atoms with Crippen molar-refractivity contribution in [3.63, 3.8) is 0 Å². The number of carbonyl (C=O) groups is 1. The van der Waals surface area contributed by atoms with Gasteiger partial charge in [-0.1, -0.05) is 0 Å². The maximum absolute atomic E-state index is 12.4. The van der Waals surface area contributed by atoms with E-state index in [1.807, 2.05) is 0 Å². The SMILES string of the molecule is O=C(CCNS(=O)(=O)c1ccc2c(c1)OCCCO2)NCC1CNC1. The fourth-order valence-electron chi connectivity index (χ4n) is 2.53. The molecule has 2 heterocycles. The fraction of sp³-hybridized carbons (Fsp3) is 0.562. The van der Waals surface area contributed by atoms with Crippen molar-refractivity contribution in [1.29, 1.82) is 0 Å². The van der Waals surface area contributed by atoms with E-state index in [4.69, 9.17) is 9.47 Å². The molecule has 25 heavy (non-hydrogen) atoms. The van der Waals surface area contributed by atoms with Gasteiger partial charge < -0.3 is 20.1 Å². The Balaban J connectivity index is 1.51. The van der Waals surface area contributed by atoms with Gasteiger partial charge in [-0.3, -0.25) is 4.79 Å². The van der Waals surface area contributed by atoms with Crippen molar-refractivity contribution in [1.82, 2.24) is 15.4 Å². The molecule has 2 aliphatic heterocycles. The summed E-state index contributed by atoms with van der Waals surface area (Å²) in [5, 5.41) is 5.94. The number of hydrogen-bond acceptors (Lipinski definition) is 6. The van der Waals surface area contributed by atoms with E-state index in [2.05, 4.69) is 15.4 Å². The molecule has 0 saturated carbocycles. The number of rotatable bonds is 7. The molecule has 0 unspecified atom stereocenters. The zero-order chi connectivity index (χ0) is 17.7. The van der Waals surface area contributed by atoms with E-state index in [0.717, 1.165) is 19.5 Å². The highest BCUT2D eigenvalue weighted by Crippen LogP contribution is 2.31. The predicted molar refractivity (Wildman–Crippen MR) is 91.2 cm³/mol. The van der Waals surface area contributed by atoms with Gasteiger partial charge in [0.2, 0.25) is 15.9 Å². The second-order valence-corrected chi connectivity index (χ2v) is 7.90. The lowest BCUT2D eigenvalue weighted by molar-refractivity contribution is -0.121. The van der Waals surface area contributed by atoms with Gasteiger partial charge in [-0.2, -0.15) is 0 Å². The van der Waals surface area contributed by atoms with E-state index < -0.39 is 10.0 Å². The van der Waals surface area contributed by atoms with Gasteiger partial charge in [-0.25, -0.2) is 13.1 Å². The van der Waals surface area contributed by atoms with Crippen LogP contribution in [0.25, 0.3) is 0 Å². The van der Waals surface area contributed by atoms with E-state index in [1.54, 1.807) is 6.07 Å². The highest BCUT2D eigenvalue weighted by Gasteiger charge is 2.20. The summed E-state index contributed by atoms with van der Waals surface area (Å²) < 4.78 is 38.2. The zero-order valence-corrected chi connectivity index (χ0v) is 14.7. The zero-order valence-electron chi connectivity index (χ0n) is 13.9. The second kappa shape index (κ2) is 8.03. The minimum atomic E-state index is -3.70. The van der Waals surface area contributed by atoms with Crippen LogP contribution >= 0.6 is 0 Å². The lowest BCUT2D eigenvalue weighted by atomic mass is 10.0. The number of ether oxygens (including phenoxy) is 2. The van der Waals surface area contributed by atoms with Gasteiger partial charge in [0, 0.05) is 51.0 Å². The first-order valence-electron chi connectivity index (χ1n) is 8.41. The number of amides is 1. The van der Waals surface area contributed by atoms with Crippen LogP contribution < -0.4 is 24.8 Å². The largest absolute Gasteiger partial charge is 0.490 e. The monoisotopic (exact) mass is 369 g/mol. The molecule has 138 valence electrons. The Kier molecular flexibility index (Phi) is 5.77. The van der Waals surface area contributed by atoms with Gasteiger partial charge in [-0.15, -0.1) is 0 Å². The third kappa shape index (κ3) is 4.83. The number of fused-ring (bicyclic) bond motifs is 1. The summed E-state index contributed by atoms with van der Waals surface area (Å²) in [6, 6.07) is 4.51. The van der Waals surface area contributed by atoms with Crippen LogP contribution in [0.3, 0.4) is 0 Å². The molecule has 0 bridgehead atoms. The molecule has 1 aromatic rings. The molecule has 2 aliphatic rings. The van der Waals surface area contributed by atoms with Crippen LogP contribution in [0.1, 0.15) is 12.8 Å². The molecular formula is C16H23N3O5S. The third-order valence-electron chi connectivity index (χ3n) is 4.13. The maximum atomic E-state index is 12.4. The highest BCUT2D eigenvalue weighted by atomic mass is 32.2.